The molecular weight excluding hydrogens is 360 g/mol. The summed E-state index contributed by atoms with van der Waals surface area (Å²) in [6, 6.07) is 0. The number of hydrogen-bond donors (Lipinski definition) is 3. The van der Waals surface area contributed by atoms with E-state index in [0.717, 1.165) is 16.3 Å². The largest absolute Gasteiger partial charge is 0.390 e. The van der Waals surface area contributed by atoms with Crippen LogP contribution in [0.5, 0.6) is 0 Å². The van der Waals surface area contributed by atoms with E-state index in [2.05, 4.69) is 21.8 Å². The van der Waals surface area contributed by atoms with Crippen LogP contribution in [0.15, 0.2) is 9.59 Å². The lowest BCUT2D eigenvalue weighted by molar-refractivity contribution is -0.109. The fourth-order valence-corrected chi connectivity index (χ4v) is 3.10. The molecule has 0 aliphatic carbocycles. The molecule has 0 aromatic carbocycles. The number of aromatic amines is 1. The van der Waals surface area contributed by atoms with E-state index in [-0.39, 0.29) is 35.1 Å². The van der Waals surface area contributed by atoms with Gasteiger partial charge in [-0.3, -0.25) is 19.1 Å². The SMILES string of the molecule is CC#CCn1c(C(O)C(O)CCSC(C)=O)nc2c1c(=O)[nH]c(=O)n2C. The number of rotatable bonds is 6. The van der Waals surface area contributed by atoms with E-state index in [4.69, 9.17) is 0 Å². The van der Waals surface area contributed by atoms with Crippen molar-refractivity contribution in [3.8, 4) is 11.8 Å². The summed E-state index contributed by atoms with van der Waals surface area (Å²) in [5.41, 5.74) is -1.09. The molecule has 9 nitrogen and oxygen atoms in total. The van der Waals surface area contributed by atoms with Crippen molar-refractivity contribution in [2.24, 2.45) is 7.05 Å². The van der Waals surface area contributed by atoms with Crippen molar-refractivity contribution in [1.29, 1.82) is 0 Å². The summed E-state index contributed by atoms with van der Waals surface area (Å²) < 4.78 is 2.54. The third kappa shape index (κ3) is 4.07. The zero-order valence-electron chi connectivity index (χ0n) is 14.6. The van der Waals surface area contributed by atoms with Crippen LogP contribution >= 0.6 is 11.8 Å². The van der Waals surface area contributed by atoms with Crippen molar-refractivity contribution < 1.29 is 15.0 Å². The quantitative estimate of drug-likeness (QED) is 0.577. The number of carbonyl (C=O) groups excluding carboxylic acids is 1. The van der Waals surface area contributed by atoms with Gasteiger partial charge in [0.05, 0.1) is 12.6 Å². The molecule has 2 aromatic rings. The minimum Gasteiger partial charge on any atom is -0.390 e. The number of thioether (sulfide) groups is 1. The van der Waals surface area contributed by atoms with Gasteiger partial charge in [0.1, 0.15) is 11.9 Å². The molecule has 2 rings (SSSR count). The Bertz CT molecular complexity index is 994. The number of aliphatic hydroxyl groups excluding tert-OH is 2. The van der Waals surface area contributed by atoms with Crippen LogP contribution in [-0.2, 0) is 18.4 Å². The maximum atomic E-state index is 12.2. The van der Waals surface area contributed by atoms with Crippen molar-refractivity contribution in [3.05, 3.63) is 26.7 Å². The second-order valence-corrected chi connectivity index (χ2v) is 6.89. The molecule has 0 aliphatic heterocycles. The van der Waals surface area contributed by atoms with Crippen molar-refractivity contribution in [2.75, 3.05) is 5.75 Å². The van der Waals surface area contributed by atoms with E-state index in [1.54, 1.807) is 6.92 Å². The number of aromatic nitrogens is 4. The minimum absolute atomic E-state index is 0.0368. The molecule has 2 atom stereocenters. The number of nitrogens with one attached hydrogen (secondary N) is 1. The molecule has 10 heteroatoms. The first-order chi connectivity index (χ1) is 12.3. The smallest absolute Gasteiger partial charge is 0.329 e. The number of fused-ring (bicyclic) bond motifs is 1. The molecular formula is C16H20N4O5S. The fourth-order valence-electron chi connectivity index (χ4n) is 2.45. The summed E-state index contributed by atoms with van der Waals surface area (Å²) in [4.78, 5) is 41.4. The van der Waals surface area contributed by atoms with Gasteiger partial charge in [-0.25, -0.2) is 9.78 Å². The van der Waals surface area contributed by atoms with Gasteiger partial charge >= 0.3 is 5.69 Å². The molecule has 0 saturated carbocycles. The summed E-state index contributed by atoms with van der Waals surface area (Å²) >= 11 is 1.04. The monoisotopic (exact) mass is 380 g/mol. The lowest BCUT2D eigenvalue weighted by Crippen LogP contribution is -2.29. The summed E-state index contributed by atoms with van der Waals surface area (Å²) in [6.45, 7) is 3.11. The molecule has 140 valence electrons. The highest BCUT2D eigenvalue weighted by molar-refractivity contribution is 8.13. The van der Waals surface area contributed by atoms with Gasteiger partial charge in [-0.05, 0) is 13.3 Å². The van der Waals surface area contributed by atoms with Gasteiger partial charge in [0.25, 0.3) is 5.56 Å². The number of aliphatic hydroxyl groups is 2. The number of aryl methyl sites for hydroxylation is 1. The molecule has 2 heterocycles. The fraction of sp³-hybridized carbons (Fsp3) is 0.500. The average Bonchev–Trinajstić information content (AvgIpc) is 2.96. The third-order valence-corrected chi connectivity index (χ3v) is 4.64. The van der Waals surface area contributed by atoms with E-state index in [9.17, 15) is 24.6 Å². The highest BCUT2D eigenvalue weighted by atomic mass is 32.2. The second-order valence-electron chi connectivity index (χ2n) is 5.61. The maximum absolute atomic E-state index is 12.2. The van der Waals surface area contributed by atoms with Crippen LogP contribution in [0.2, 0.25) is 0 Å². The maximum Gasteiger partial charge on any atom is 0.329 e. The molecule has 0 radical (unpaired) electrons. The van der Waals surface area contributed by atoms with Crippen LogP contribution in [0.3, 0.4) is 0 Å². The molecule has 0 aliphatic rings. The van der Waals surface area contributed by atoms with E-state index in [0.29, 0.717) is 5.75 Å². The Morgan fingerprint density at radius 3 is 2.69 bits per heavy atom. The Kier molecular flexibility index (Phi) is 6.42. The Labute approximate surface area is 153 Å². The first kappa shape index (κ1) is 20.0. The van der Waals surface area contributed by atoms with Crippen molar-refractivity contribution in [3.63, 3.8) is 0 Å². The van der Waals surface area contributed by atoms with Crippen LogP contribution < -0.4 is 11.2 Å². The number of H-pyrrole nitrogens is 1. The first-order valence-corrected chi connectivity index (χ1v) is 8.85. The average molecular weight is 380 g/mol. The van der Waals surface area contributed by atoms with Gasteiger partial charge in [-0.1, -0.05) is 17.7 Å². The molecule has 3 N–H and O–H groups in total. The minimum atomic E-state index is -1.40. The van der Waals surface area contributed by atoms with E-state index < -0.39 is 23.5 Å². The van der Waals surface area contributed by atoms with Gasteiger partial charge in [0.2, 0.25) is 0 Å². The topological polar surface area (TPSA) is 130 Å². The molecule has 2 aromatic heterocycles. The molecule has 0 amide bonds. The Balaban J connectivity index is 2.50. The van der Waals surface area contributed by atoms with Crippen LogP contribution in [0.1, 0.15) is 32.2 Å². The predicted octanol–water partition coefficient (Wildman–Crippen LogP) is -0.489. The number of hydrogen-bond acceptors (Lipinski definition) is 7. The van der Waals surface area contributed by atoms with E-state index >= 15 is 0 Å². The first-order valence-electron chi connectivity index (χ1n) is 7.86. The van der Waals surface area contributed by atoms with Gasteiger partial charge in [0.15, 0.2) is 16.3 Å². The molecule has 26 heavy (non-hydrogen) atoms. The highest BCUT2D eigenvalue weighted by Gasteiger charge is 2.27. The molecule has 0 fully saturated rings. The summed E-state index contributed by atoms with van der Waals surface area (Å²) in [5.74, 6) is 5.85. The summed E-state index contributed by atoms with van der Waals surface area (Å²) in [7, 11) is 1.44. The van der Waals surface area contributed by atoms with Crippen LogP contribution in [-0.4, -0.2) is 46.3 Å². The van der Waals surface area contributed by atoms with Crippen LogP contribution in [0.25, 0.3) is 11.2 Å². The predicted molar refractivity (Wildman–Crippen MR) is 97.8 cm³/mol. The standard InChI is InChI=1S/C16H20N4O5S/c1-4-5-7-20-11-13(19(3)16(25)18-15(11)24)17-14(20)12(23)10(22)6-8-26-9(2)21/h10,12,22-23H,6-8H2,1-3H3,(H,18,24,25). The third-order valence-electron chi connectivity index (χ3n) is 3.80. The second kappa shape index (κ2) is 8.35. The Morgan fingerprint density at radius 2 is 2.08 bits per heavy atom. The van der Waals surface area contributed by atoms with Gasteiger partial charge < -0.3 is 14.8 Å². The van der Waals surface area contributed by atoms with Gasteiger partial charge in [-0.2, -0.15) is 0 Å². The molecule has 0 saturated heterocycles. The normalized spacial score (nSPS) is 13.3. The van der Waals surface area contributed by atoms with Crippen molar-refractivity contribution in [2.45, 2.75) is 39.0 Å². The summed E-state index contributed by atoms with van der Waals surface area (Å²) in [5, 5.41) is 20.7. The Hall–Kier alpha value is -2.35. The highest BCUT2D eigenvalue weighted by Crippen LogP contribution is 2.23. The van der Waals surface area contributed by atoms with Crippen LogP contribution in [0.4, 0.5) is 0 Å². The van der Waals surface area contributed by atoms with E-state index in [1.807, 2.05) is 0 Å². The van der Waals surface area contributed by atoms with Crippen LogP contribution in [0, 0.1) is 11.8 Å². The lowest BCUT2D eigenvalue weighted by Gasteiger charge is -2.17. The molecule has 0 bridgehead atoms. The lowest BCUT2D eigenvalue weighted by atomic mass is 10.1. The van der Waals surface area contributed by atoms with Gasteiger partial charge in [-0.15, -0.1) is 5.92 Å². The zero-order chi connectivity index (χ0) is 19.4. The number of nitrogens with zero attached hydrogens (tertiary/aromatic N) is 3. The van der Waals surface area contributed by atoms with E-state index in [1.165, 1.54) is 18.5 Å². The van der Waals surface area contributed by atoms with Crippen molar-refractivity contribution in [1.82, 2.24) is 19.1 Å². The number of carbonyl (C=O) groups is 1. The molecule has 2 unspecified atom stereocenters. The Morgan fingerprint density at radius 1 is 1.38 bits per heavy atom. The van der Waals surface area contributed by atoms with Crippen molar-refractivity contribution >= 4 is 28.0 Å². The molecule has 0 spiro atoms. The zero-order valence-corrected chi connectivity index (χ0v) is 15.5. The summed E-state index contributed by atoms with van der Waals surface area (Å²) in [6.07, 6.45) is -2.44. The number of imidazole rings is 1. The van der Waals surface area contributed by atoms with Gasteiger partial charge in [0, 0.05) is 19.7 Å².